The molecule has 1 saturated heterocycles. The molecular weight excluding hydrogens is 232 g/mol. The molecule has 1 aliphatic heterocycles. The summed E-state index contributed by atoms with van der Waals surface area (Å²) in [5.41, 5.74) is 0. The van der Waals surface area contributed by atoms with Crippen LogP contribution in [0.2, 0.25) is 0 Å². The molecule has 1 N–H and O–H groups in total. The number of carbonyl (C=O) groups excluding carboxylic acids is 1. The Balaban J connectivity index is 1.99. The molecule has 18 heavy (non-hydrogen) atoms. The lowest BCUT2D eigenvalue weighted by atomic mass is 10.1. The van der Waals surface area contributed by atoms with Gasteiger partial charge in [-0.1, -0.05) is 0 Å². The van der Waals surface area contributed by atoms with E-state index in [-0.39, 0.29) is 24.6 Å². The minimum Gasteiger partial charge on any atom is -0.396 e. The fourth-order valence-corrected chi connectivity index (χ4v) is 2.52. The standard InChI is InChI=1S/C12H20N4O2/c1-10(16-9-13-8-14-16)12(18)15-6-2-4-11(15)5-3-7-17/h8-11,17H,2-7H2,1H3. The van der Waals surface area contributed by atoms with Crippen molar-refractivity contribution in [1.82, 2.24) is 19.7 Å². The van der Waals surface area contributed by atoms with Crippen LogP contribution in [0.5, 0.6) is 0 Å². The van der Waals surface area contributed by atoms with Gasteiger partial charge >= 0.3 is 0 Å². The summed E-state index contributed by atoms with van der Waals surface area (Å²) in [6.07, 6.45) is 6.73. The zero-order valence-electron chi connectivity index (χ0n) is 10.7. The first-order valence-corrected chi connectivity index (χ1v) is 6.49. The number of hydrogen-bond donors (Lipinski definition) is 1. The number of aliphatic hydroxyl groups excluding tert-OH is 1. The molecule has 0 spiro atoms. The van der Waals surface area contributed by atoms with Crippen molar-refractivity contribution in [2.45, 2.75) is 44.7 Å². The van der Waals surface area contributed by atoms with Crippen LogP contribution in [0.4, 0.5) is 0 Å². The maximum atomic E-state index is 12.4. The van der Waals surface area contributed by atoms with E-state index in [4.69, 9.17) is 5.11 Å². The Kier molecular flexibility index (Phi) is 4.30. The van der Waals surface area contributed by atoms with Crippen molar-refractivity contribution < 1.29 is 9.90 Å². The fraction of sp³-hybridized carbons (Fsp3) is 0.750. The highest BCUT2D eigenvalue weighted by Gasteiger charge is 2.31. The van der Waals surface area contributed by atoms with E-state index < -0.39 is 0 Å². The van der Waals surface area contributed by atoms with Gasteiger partial charge in [-0.25, -0.2) is 9.67 Å². The fourth-order valence-electron chi connectivity index (χ4n) is 2.52. The second kappa shape index (κ2) is 5.95. The molecule has 6 nitrogen and oxygen atoms in total. The Bertz CT molecular complexity index is 379. The smallest absolute Gasteiger partial charge is 0.247 e. The summed E-state index contributed by atoms with van der Waals surface area (Å²) in [6.45, 7) is 2.85. The molecule has 1 aliphatic rings. The molecule has 2 atom stereocenters. The van der Waals surface area contributed by atoms with Gasteiger partial charge in [0.1, 0.15) is 18.7 Å². The van der Waals surface area contributed by atoms with E-state index in [0.717, 1.165) is 32.2 Å². The average molecular weight is 252 g/mol. The number of hydrogen-bond acceptors (Lipinski definition) is 4. The van der Waals surface area contributed by atoms with Crippen LogP contribution >= 0.6 is 0 Å². The van der Waals surface area contributed by atoms with E-state index in [9.17, 15) is 4.79 Å². The van der Waals surface area contributed by atoms with Crippen LogP contribution in [-0.2, 0) is 4.79 Å². The van der Waals surface area contributed by atoms with Gasteiger partial charge in [-0.05, 0) is 32.6 Å². The Morgan fingerprint density at radius 3 is 3.11 bits per heavy atom. The normalized spacial score (nSPS) is 21.2. The maximum Gasteiger partial charge on any atom is 0.247 e. The van der Waals surface area contributed by atoms with E-state index in [0.29, 0.717) is 0 Å². The molecule has 0 aromatic carbocycles. The van der Waals surface area contributed by atoms with Gasteiger partial charge in [0.15, 0.2) is 0 Å². The van der Waals surface area contributed by atoms with E-state index in [2.05, 4.69) is 10.1 Å². The summed E-state index contributed by atoms with van der Waals surface area (Å²) in [5.74, 6) is 0.0981. The Morgan fingerprint density at radius 1 is 1.61 bits per heavy atom. The number of rotatable bonds is 5. The van der Waals surface area contributed by atoms with Gasteiger partial charge in [0, 0.05) is 19.2 Å². The van der Waals surface area contributed by atoms with E-state index in [1.165, 1.54) is 6.33 Å². The van der Waals surface area contributed by atoms with Gasteiger partial charge in [-0.2, -0.15) is 5.10 Å². The number of amides is 1. The van der Waals surface area contributed by atoms with Gasteiger partial charge in [-0.3, -0.25) is 4.79 Å². The third-order valence-corrected chi connectivity index (χ3v) is 3.55. The zero-order valence-corrected chi connectivity index (χ0v) is 10.7. The number of nitrogens with zero attached hydrogens (tertiary/aromatic N) is 4. The predicted octanol–water partition coefficient (Wildman–Crippen LogP) is 0.603. The molecule has 6 heteroatoms. The molecule has 0 bridgehead atoms. The van der Waals surface area contributed by atoms with Crippen molar-refractivity contribution in [2.75, 3.05) is 13.2 Å². The van der Waals surface area contributed by atoms with Crippen molar-refractivity contribution >= 4 is 5.91 Å². The molecular formula is C12H20N4O2. The second-order valence-electron chi connectivity index (χ2n) is 4.74. The first kappa shape index (κ1) is 13.0. The molecule has 1 aromatic heterocycles. The summed E-state index contributed by atoms with van der Waals surface area (Å²) in [4.78, 5) is 18.2. The summed E-state index contributed by atoms with van der Waals surface area (Å²) in [5, 5.41) is 12.9. The largest absolute Gasteiger partial charge is 0.396 e. The van der Waals surface area contributed by atoms with Crippen LogP contribution in [0.1, 0.15) is 38.6 Å². The highest BCUT2D eigenvalue weighted by Crippen LogP contribution is 2.24. The van der Waals surface area contributed by atoms with Crippen molar-refractivity contribution in [3.8, 4) is 0 Å². The van der Waals surface area contributed by atoms with Gasteiger partial charge in [0.25, 0.3) is 0 Å². The van der Waals surface area contributed by atoms with E-state index in [1.807, 2.05) is 11.8 Å². The number of aromatic nitrogens is 3. The highest BCUT2D eigenvalue weighted by molar-refractivity contribution is 5.80. The van der Waals surface area contributed by atoms with Crippen LogP contribution in [0, 0.1) is 0 Å². The Labute approximate surface area is 107 Å². The van der Waals surface area contributed by atoms with Crippen molar-refractivity contribution in [3.63, 3.8) is 0 Å². The molecule has 2 unspecified atom stereocenters. The second-order valence-corrected chi connectivity index (χ2v) is 4.74. The van der Waals surface area contributed by atoms with Gasteiger partial charge in [0.05, 0.1) is 0 Å². The first-order chi connectivity index (χ1) is 8.74. The minimum atomic E-state index is -0.303. The average Bonchev–Trinajstić information content (AvgIpc) is 3.05. The SMILES string of the molecule is CC(C(=O)N1CCCC1CCCO)n1cncn1. The van der Waals surface area contributed by atoms with Crippen LogP contribution in [0.15, 0.2) is 12.7 Å². The number of carbonyl (C=O) groups is 1. The summed E-state index contributed by atoms with van der Waals surface area (Å²) in [7, 11) is 0. The van der Waals surface area contributed by atoms with E-state index >= 15 is 0 Å². The van der Waals surface area contributed by atoms with Crippen LogP contribution in [-0.4, -0.2) is 49.9 Å². The molecule has 2 heterocycles. The summed E-state index contributed by atoms with van der Waals surface area (Å²) < 4.78 is 1.59. The molecule has 2 rings (SSSR count). The lowest BCUT2D eigenvalue weighted by molar-refractivity contribution is -0.135. The molecule has 1 aromatic rings. The molecule has 0 saturated carbocycles. The number of likely N-dealkylation sites (tertiary alicyclic amines) is 1. The van der Waals surface area contributed by atoms with E-state index in [1.54, 1.807) is 11.0 Å². The molecule has 1 amide bonds. The first-order valence-electron chi connectivity index (χ1n) is 6.49. The lowest BCUT2D eigenvalue weighted by Gasteiger charge is -2.27. The van der Waals surface area contributed by atoms with Crippen molar-refractivity contribution in [3.05, 3.63) is 12.7 Å². The van der Waals surface area contributed by atoms with Crippen LogP contribution < -0.4 is 0 Å². The lowest BCUT2D eigenvalue weighted by Crippen LogP contribution is -2.39. The third kappa shape index (κ3) is 2.69. The minimum absolute atomic E-state index is 0.0981. The van der Waals surface area contributed by atoms with Crippen molar-refractivity contribution in [2.24, 2.45) is 0 Å². The highest BCUT2D eigenvalue weighted by atomic mass is 16.3. The topological polar surface area (TPSA) is 71.2 Å². The van der Waals surface area contributed by atoms with Crippen LogP contribution in [0.25, 0.3) is 0 Å². The van der Waals surface area contributed by atoms with Crippen LogP contribution in [0.3, 0.4) is 0 Å². The summed E-state index contributed by atoms with van der Waals surface area (Å²) >= 11 is 0. The molecule has 1 fully saturated rings. The van der Waals surface area contributed by atoms with Gasteiger partial charge < -0.3 is 10.0 Å². The third-order valence-electron chi connectivity index (χ3n) is 3.55. The van der Waals surface area contributed by atoms with Crippen molar-refractivity contribution in [1.29, 1.82) is 0 Å². The zero-order chi connectivity index (χ0) is 13.0. The number of aliphatic hydroxyl groups is 1. The Hall–Kier alpha value is -1.43. The predicted molar refractivity (Wildman–Crippen MR) is 65.8 cm³/mol. The van der Waals surface area contributed by atoms with Gasteiger partial charge in [-0.15, -0.1) is 0 Å². The quantitative estimate of drug-likeness (QED) is 0.833. The molecule has 0 radical (unpaired) electrons. The monoisotopic (exact) mass is 252 g/mol. The Morgan fingerprint density at radius 2 is 2.44 bits per heavy atom. The molecule has 100 valence electrons. The van der Waals surface area contributed by atoms with Gasteiger partial charge in [0.2, 0.25) is 5.91 Å². The summed E-state index contributed by atoms with van der Waals surface area (Å²) in [6, 6.07) is -0.0298. The molecule has 0 aliphatic carbocycles. The maximum absolute atomic E-state index is 12.4.